The van der Waals surface area contributed by atoms with Crippen LogP contribution in [0.15, 0.2) is 30.5 Å². The Balaban J connectivity index is 2.46. The fraction of sp³-hybridized carbons (Fsp3) is 0.429. The lowest BCUT2D eigenvalue weighted by Gasteiger charge is -2.21. The molecule has 0 radical (unpaired) electrons. The summed E-state index contributed by atoms with van der Waals surface area (Å²) in [6, 6.07) is 5.00. The second kappa shape index (κ2) is 5.75. The summed E-state index contributed by atoms with van der Waals surface area (Å²) in [5.41, 5.74) is 5.77. The summed E-state index contributed by atoms with van der Waals surface area (Å²) in [5.74, 6) is 0.598. The maximum atomic E-state index is 13.0. The first kappa shape index (κ1) is 14.7. The molecule has 0 saturated heterocycles. The highest BCUT2D eigenvalue weighted by molar-refractivity contribution is 5.86. The van der Waals surface area contributed by atoms with Crippen LogP contribution in [0, 0.1) is 0 Å². The molecule has 0 bridgehead atoms. The van der Waals surface area contributed by atoms with E-state index >= 15 is 0 Å². The van der Waals surface area contributed by atoms with Crippen LogP contribution in [0.5, 0.6) is 5.75 Å². The van der Waals surface area contributed by atoms with E-state index in [1.807, 2.05) is 6.92 Å². The van der Waals surface area contributed by atoms with E-state index in [9.17, 15) is 13.2 Å². The molecule has 2 aromatic rings. The van der Waals surface area contributed by atoms with Gasteiger partial charge in [-0.05, 0) is 24.6 Å². The largest absolute Gasteiger partial charge is 0.493 e. The average Bonchev–Trinajstić information content (AvgIpc) is 2.80. The molecular weight excluding hydrogens is 269 g/mol. The van der Waals surface area contributed by atoms with Gasteiger partial charge in [-0.1, -0.05) is 13.0 Å². The maximum absolute atomic E-state index is 13.0. The van der Waals surface area contributed by atoms with Crippen molar-refractivity contribution in [2.24, 2.45) is 5.73 Å². The summed E-state index contributed by atoms with van der Waals surface area (Å²) in [4.78, 5) is 0. The molecule has 6 heteroatoms. The lowest BCUT2D eigenvalue weighted by atomic mass is 10.2. The Morgan fingerprint density at radius 3 is 2.65 bits per heavy atom. The highest BCUT2D eigenvalue weighted by Gasteiger charge is 2.40. The molecule has 0 fully saturated rings. The summed E-state index contributed by atoms with van der Waals surface area (Å²) >= 11 is 0. The lowest BCUT2D eigenvalue weighted by Crippen LogP contribution is -2.32. The van der Waals surface area contributed by atoms with Crippen LogP contribution in [-0.2, 0) is 0 Å². The van der Waals surface area contributed by atoms with Gasteiger partial charge in [0.15, 0.2) is 0 Å². The van der Waals surface area contributed by atoms with E-state index in [-0.39, 0.29) is 0 Å². The molecule has 1 aromatic heterocycles. The smallest absolute Gasteiger partial charge is 0.410 e. The van der Waals surface area contributed by atoms with E-state index in [1.54, 1.807) is 24.3 Å². The second-order valence-electron chi connectivity index (χ2n) is 4.55. The minimum atomic E-state index is -4.37. The number of alkyl halides is 3. The molecule has 2 rings (SSSR count). The Morgan fingerprint density at radius 1 is 1.30 bits per heavy atom. The third-order valence-electron chi connectivity index (χ3n) is 3.12. The molecule has 0 aliphatic carbocycles. The minimum absolute atomic E-state index is 0.478. The van der Waals surface area contributed by atoms with Gasteiger partial charge in [0.05, 0.1) is 12.1 Å². The molecule has 1 atom stereocenters. The van der Waals surface area contributed by atoms with Crippen LogP contribution in [0.1, 0.15) is 19.4 Å². The Hall–Kier alpha value is -1.69. The van der Waals surface area contributed by atoms with Crippen molar-refractivity contribution in [1.82, 2.24) is 4.57 Å². The van der Waals surface area contributed by atoms with Gasteiger partial charge in [0.25, 0.3) is 0 Å². The number of nitrogens with two attached hydrogens (primary N) is 1. The Morgan fingerprint density at radius 2 is 2.05 bits per heavy atom. The first-order valence-electron chi connectivity index (χ1n) is 6.48. The van der Waals surface area contributed by atoms with Crippen LogP contribution in [0.3, 0.4) is 0 Å². The summed E-state index contributed by atoms with van der Waals surface area (Å²) < 4.78 is 45.7. The van der Waals surface area contributed by atoms with Gasteiger partial charge in [-0.15, -0.1) is 0 Å². The van der Waals surface area contributed by atoms with E-state index in [2.05, 4.69) is 0 Å². The van der Waals surface area contributed by atoms with E-state index in [0.29, 0.717) is 23.3 Å². The highest BCUT2D eigenvalue weighted by Crippen LogP contribution is 2.35. The highest BCUT2D eigenvalue weighted by atomic mass is 19.4. The average molecular weight is 286 g/mol. The molecule has 1 unspecified atom stereocenters. The van der Waals surface area contributed by atoms with Crippen molar-refractivity contribution in [2.75, 3.05) is 13.2 Å². The summed E-state index contributed by atoms with van der Waals surface area (Å²) in [5, 5.41) is 0.670. The van der Waals surface area contributed by atoms with Crippen LogP contribution in [0.4, 0.5) is 13.2 Å². The van der Waals surface area contributed by atoms with Gasteiger partial charge in [0.2, 0.25) is 0 Å². The number of aromatic nitrogens is 1. The minimum Gasteiger partial charge on any atom is -0.493 e. The van der Waals surface area contributed by atoms with Crippen molar-refractivity contribution in [3.8, 4) is 5.75 Å². The first-order chi connectivity index (χ1) is 9.49. The molecule has 1 aromatic carbocycles. The van der Waals surface area contributed by atoms with E-state index in [0.717, 1.165) is 11.0 Å². The molecule has 110 valence electrons. The predicted molar refractivity (Wildman–Crippen MR) is 71.9 cm³/mol. The molecule has 3 nitrogen and oxygen atoms in total. The standard InChI is InChI=1S/C14H17F3N2O/c1-2-8-20-12-5-3-4-11-10(12)6-7-19(11)13(9-18)14(15,16)17/h3-7,13H,2,8-9,18H2,1H3. The second-order valence-corrected chi connectivity index (χ2v) is 4.55. The zero-order valence-electron chi connectivity index (χ0n) is 11.2. The third-order valence-corrected chi connectivity index (χ3v) is 3.12. The number of benzene rings is 1. The van der Waals surface area contributed by atoms with Crippen LogP contribution in [0.2, 0.25) is 0 Å². The normalized spacial score (nSPS) is 13.7. The molecular formula is C14H17F3N2O. The molecule has 0 spiro atoms. The molecule has 0 saturated carbocycles. The van der Waals surface area contributed by atoms with Crippen LogP contribution < -0.4 is 10.5 Å². The van der Waals surface area contributed by atoms with Crippen LogP contribution >= 0.6 is 0 Å². The number of hydrogen-bond donors (Lipinski definition) is 1. The van der Waals surface area contributed by atoms with Gasteiger partial charge < -0.3 is 15.0 Å². The van der Waals surface area contributed by atoms with Crippen LogP contribution in [0.25, 0.3) is 10.9 Å². The van der Waals surface area contributed by atoms with Crippen molar-refractivity contribution < 1.29 is 17.9 Å². The van der Waals surface area contributed by atoms with Gasteiger partial charge >= 0.3 is 6.18 Å². The van der Waals surface area contributed by atoms with Crippen molar-refractivity contribution >= 4 is 10.9 Å². The fourth-order valence-corrected chi connectivity index (χ4v) is 2.17. The van der Waals surface area contributed by atoms with Crippen LogP contribution in [-0.4, -0.2) is 23.9 Å². The first-order valence-corrected chi connectivity index (χ1v) is 6.48. The maximum Gasteiger partial charge on any atom is 0.410 e. The quantitative estimate of drug-likeness (QED) is 0.914. The van der Waals surface area contributed by atoms with E-state index in [4.69, 9.17) is 10.5 Å². The molecule has 20 heavy (non-hydrogen) atoms. The summed E-state index contributed by atoms with van der Waals surface area (Å²) in [6.45, 7) is 2.01. The van der Waals surface area contributed by atoms with Crippen molar-refractivity contribution in [3.63, 3.8) is 0 Å². The Labute approximate surface area is 115 Å². The number of rotatable bonds is 5. The summed E-state index contributed by atoms with van der Waals surface area (Å²) in [7, 11) is 0. The van der Waals surface area contributed by atoms with Gasteiger partial charge in [0, 0.05) is 18.1 Å². The zero-order valence-corrected chi connectivity index (χ0v) is 11.2. The monoisotopic (exact) mass is 286 g/mol. The number of nitrogens with zero attached hydrogens (tertiary/aromatic N) is 1. The molecule has 2 N–H and O–H groups in total. The van der Waals surface area contributed by atoms with Crippen molar-refractivity contribution in [1.29, 1.82) is 0 Å². The number of fused-ring (bicyclic) bond motifs is 1. The third kappa shape index (κ3) is 2.75. The number of ether oxygens (including phenoxy) is 1. The SMILES string of the molecule is CCCOc1cccc2c1ccn2C(CN)C(F)(F)F. The fourth-order valence-electron chi connectivity index (χ4n) is 2.17. The lowest BCUT2D eigenvalue weighted by molar-refractivity contribution is -0.164. The summed E-state index contributed by atoms with van der Waals surface area (Å²) in [6.07, 6.45) is -2.12. The van der Waals surface area contributed by atoms with Gasteiger partial charge in [0.1, 0.15) is 11.8 Å². The zero-order chi connectivity index (χ0) is 14.8. The van der Waals surface area contributed by atoms with Crippen molar-refractivity contribution in [2.45, 2.75) is 25.6 Å². The molecule has 0 aliphatic heterocycles. The molecule has 1 heterocycles. The predicted octanol–water partition coefficient (Wildman–Crippen LogP) is 3.49. The van der Waals surface area contributed by atoms with E-state index in [1.165, 1.54) is 6.20 Å². The van der Waals surface area contributed by atoms with Gasteiger partial charge in [-0.3, -0.25) is 0 Å². The van der Waals surface area contributed by atoms with Gasteiger partial charge in [-0.25, -0.2) is 0 Å². The van der Waals surface area contributed by atoms with Gasteiger partial charge in [-0.2, -0.15) is 13.2 Å². The number of halogens is 3. The topological polar surface area (TPSA) is 40.2 Å². The molecule has 0 amide bonds. The number of hydrogen-bond acceptors (Lipinski definition) is 2. The van der Waals surface area contributed by atoms with E-state index < -0.39 is 18.8 Å². The van der Waals surface area contributed by atoms with Crippen molar-refractivity contribution in [3.05, 3.63) is 30.5 Å². The molecule has 0 aliphatic rings. The Bertz CT molecular complexity index is 577. The Kier molecular flexibility index (Phi) is 4.23.